The van der Waals surface area contributed by atoms with Gasteiger partial charge in [-0.25, -0.2) is 0 Å². The Morgan fingerprint density at radius 3 is 2.79 bits per heavy atom. The Morgan fingerprint density at radius 2 is 2.29 bits per heavy atom. The van der Waals surface area contributed by atoms with Crippen LogP contribution in [0.5, 0.6) is 0 Å². The van der Waals surface area contributed by atoms with Crippen LogP contribution >= 0.6 is 0 Å². The van der Waals surface area contributed by atoms with Crippen LogP contribution in [0.4, 0.5) is 0 Å². The molecule has 3 unspecified atom stereocenters. The third-order valence-electron chi connectivity index (χ3n) is 4.08. The van der Waals surface area contributed by atoms with Crippen LogP contribution in [0.1, 0.15) is 33.6 Å². The van der Waals surface area contributed by atoms with E-state index in [2.05, 4.69) is 26.0 Å². The zero-order valence-electron chi connectivity index (χ0n) is 9.33. The van der Waals surface area contributed by atoms with Crippen LogP contribution in [0, 0.1) is 17.3 Å². The lowest BCUT2D eigenvalue weighted by atomic mass is 9.49. The lowest BCUT2D eigenvalue weighted by molar-refractivity contribution is -0.00336. The van der Waals surface area contributed by atoms with E-state index in [0.29, 0.717) is 5.41 Å². The Balaban J connectivity index is 2.11. The molecule has 1 nitrogen and oxygen atoms in total. The summed E-state index contributed by atoms with van der Waals surface area (Å²) in [6.07, 6.45) is 8.61. The van der Waals surface area contributed by atoms with Gasteiger partial charge >= 0.3 is 0 Å². The standard InChI is InChI=1S/C13H20O/c1-9(14)4-5-10-6-7-11-8-12(10)13(11,2)3/h4-6,9,11-12,14H,7-8H2,1-3H3. The normalized spacial score (nSPS) is 36.4. The van der Waals surface area contributed by atoms with E-state index in [-0.39, 0.29) is 6.10 Å². The number of aliphatic hydroxyl groups excluding tert-OH is 1. The summed E-state index contributed by atoms with van der Waals surface area (Å²) in [6.45, 7) is 6.54. The number of aliphatic hydroxyl groups is 1. The molecular formula is C13H20O. The van der Waals surface area contributed by atoms with Crippen LogP contribution in [-0.4, -0.2) is 11.2 Å². The predicted octanol–water partition coefficient (Wildman–Crippen LogP) is 2.92. The Hall–Kier alpha value is -0.560. The molecule has 0 aliphatic heterocycles. The molecule has 0 radical (unpaired) electrons. The second-order valence-corrected chi connectivity index (χ2v) is 5.35. The molecule has 3 rings (SSSR count). The van der Waals surface area contributed by atoms with Gasteiger partial charge in [-0.05, 0) is 42.6 Å². The van der Waals surface area contributed by atoms with Gasteiger partial charge in [0, 0.05) is 0 Å². The van der Waals surface area contributed by atoms with Crippen LogP contribution in [0.15, 0.2) is 23.8 Å². The first kappa shape index (κ1) is 9.97. The average Bonchev–Trinajstić information content (AvgIpc) is 2.14. The highest BCUT2D eigenvalue weighted by Crippen LogP contribution is 2.59. The van der Waals surface area contributed by atoms with Gasteiger partial charge in [0.2, 0.25) is 0 Å². The van der Waals surface area contributed by atoms with Crippen molar-refractivity contribution in [3.05, 3.63) is 23.8 Å². The van der Waals surface area contributed by atoms with Crippen molar-refractivity contribution in [1.82, 2.24) is 0 Å². The summed E-state index contributed by atoms with van der Waals surface area (Å²) >= 11 is 0. The molecule has 1 N–H and O–H groups in total. The van der Waals surface area contributed by atoms with E-state index in [0.717, 1.165) is 11.8 Å². The highest BCUT2D eigenvalue weighted by atomic mass is 16.3. The molecule has 0 spiro atoms. The predicted molar refractivity (Wildman–Crippen MR) is 58.9 cm³/mol. The molecule has 1 fully saturated rings. The molecule has 0 aromatic rings. The minimum absolute atomic E-state index is 0.322. The zero-order valence-corrected chi connectivity index (χ0v) is 9.33. The summed E-state index contributed by atoms with van der Waals surface area (Å²) in [5.74, 6) is 1.63. The van der Waals surface area contributed by atoms with E-state index in [4.69, 9.17) is 0 Å². The number of rotatable bonds is 2. The second kappa shape index (κ2) is 3.23. The van der Waals surface area contributed by atoms with Gasteiger partial charge in [0.15, 0.2) is 0 Å². The Morgan fingerprint density at radius 1 is 1.57 bits per heavy atom. The first-order chi connectivity index (χ1) is 6.51. The Kier molecular flexibility index (Phi) is 2.30. The van der Waals surface area contributed by atoms with Crippen molar-refractivity contribution in [2.45, 2.75) is 39.7 Å². The monoisotopic (exact) mass is 192 g/mol. The van der Waals surface area contributed by atoms with Gasteiger partial charge in [0.1, 0.15) is 0 Å². The number of fused-ring (bicyclic) bond motifs is 1. The number of hydrogen-bond donors (Lipinski definition) is 1. The SMILES string of the molecule is CC(O)C=CC1=CCC2CC1C2(C)C. The molecule has 1 heteroatoms. The van der Waals surface area contributed by atoms with E-state index in [9.17, 15) is 5.11 Å². The fourth-order valence-electron chi connectivity index (χ4n) is 2.84. The Bertz CT molecular complexity index is 284. The molecule has 14 heavy (non-hydrogen) atoms. The molecule has 0 saturated heterocycles. The molecule has 0 heterocycles. The van der Waals surface area contributed by atoms with E-state index in [1.807, 2.05) is 6.08 Å². The van der Waals surface area contributed by atoms with Crippen molar-refractivity contribution < 1.29 is 5.11 Å². The van der Waals surface area contributed by atoms with Gasteiger partial charge in [-0.1, -0.05) is 32.1 Å². The maximum Gasteiger partial charge on any atom is 0.0695 e. The van der Waals surface area contributed by atoms with Gasteiger partial charge in [-0.3, -0.25) is 0 Å². The van der Waals surface area contributed by atoms with E-state index < -0.39 is 0 Å². The topological polar surface area (TPSA) is 20.2 Å². The molecule has 3 atom stereocenters. The van der Waals surface area contributed by atoms with Gasteiger partial charge in [0.05, 0.1) is 6.10 Å². The van der Waals surface area contributed by atoms with Crippen LogP contribution in [-0.2, 0) is 0 Å². The van der Waals surface area contributed by atoms with Crippen LogP contribution in [0.3, 0.4) is 0 Å². The first-order valence-corrected chi connectivity index (χ1v) is 5.58. The zero-order chi connectivity index (χ0) is 10.3. The summed E-state index contributed by atoms with van der Waals surface area (Å²) in [7, 11) is 0. The first-order valence-electron chi connectivity index (χ1n) is 5.58. The number of allylic oxidation sites excluding steroid dienone is 3. The van der Waals surface area contributed by atoms with Crippen molar-refractivity contribution in [2.75, 3.05) is 0 Å². The number of hydrogen-bond acceptors (Lipinski definition) is 1. The quantitative estimate of drug-likeness (QED) is 0.713. The second-order valence-electron chi connectivity index (χ2n) is 5.35. The molecule has 0 aromatic heterocycles. The van der Waals surface area contributed by atoms with Gasteiger partial charge in [-0.2, -0.15) is 0 Å². The molecule has 0 amide bonds. The summed E-state index contributed by atoms with van der Waals surface area (Å²) in [5.41, 5.74) is 1.94. The van der Waals surface area contributed by atoms with E-state index in [1.165, 1.54) is 18.4 Å². The van der Waals surface area contributed by atoms with Crippen LogP contribution < -0.4 is 0 Å². The maximum absolute atomic E-state index is 9.20. The minimum Gasteiger partial charge on any atom is -0.389 e. The van der Waals surface area contributed by atoms with Crippen molar-refractivity contribution in [3.8, 4) is 0 Å². The fraction of sp³-hybridized carbons (Fsp3) is 0.692. The molecule has 2 bridgehead atoms. The molecular weight excluding hydrogens is 172 g/mol. The smallest absolute Gasteiger partial charge is 0.0695 e. The third-order valence-corrected chi connectivity index (χ3v) is 4.08. The molecule has 78 valence electrons. The lowest BCUT2D eigenvalue weighted by Crippen LogP contribution is -2.47. The van der Waals surface area contributed by atoms with Crippen LogP contribution in [0.2, 0.25) is 0 Å². The minimum atomic E-state index is -0.322. The average molecular weight is 192 g/mol. The summed E-state index contributed by atoms with van der Waals surface area (Å²) in [4.78, 5) is 0. The highest BCUT2D eigenvalue weighted by Gasteiger charge is 2.50. The highest BCUT2D eigenvalue weighted by molar-refractivity contribution is 5.32. The third kappa shape index (κ3) is 1.44. The van der Waals surface area contributed by atoms with Crippen molar-refractivity contribution >= 4 is 0 Å². The van der Waals surface area contributed by atoms with Crippen molar-refractivity contribution in [1.29, 1.82) is 0 Å². The molecule has 1 saturated carbocycles. The Labute approximate surface area is 86.5 Å². The van der Waals surface area contributed by atoms with Crippen molar-refractivity contribution in [3.63, 3.8) is 0 Å². The largest absolute Gasteiger partial charge is 0.389 e. The van der Waals surface area contributed by atoms with E-state index >= 15 is 0 Å². The lowest BCUT2D eigenvalue weighted by Gasteiger charge is -2.56. The molecule has 0 aromatic carbocycles. The fourth-order valence-corrected chi connectivity index (χ4v) is 2.84. The molecule has 3 aliphatic carbocycles. The summed E-state index contributed by atoms with van der Waals surface area (Å²) < 4.78 is 0. The summed E-state index contributed by atoms with van der Waals surface area (Å²) in [6, 6.07) is 0. The van der Waals surface area contributed by atoms with Crippen LogP contribution in [0.25, 0.3) is 0 Å². The summed E-state index contributed by atoms with van der Waals surface area (Å²) in [5, 5.41) is 9.20. The molecule has 3 aliphatic rings. The van der Waals surface area contributed by atoms with Gasteiger partial charge in [-0.15, -0.1) is 0 Å². The maximum atomic E-state index is 9.20. The van der Waals surface area contributed by atoms with E-state index in [1.54, 1.807) is 6.92 Å². The van der Waals surface area contributed by atoms with Gasteiger partial charge < -0.3 is 5.11 Å². The van der Waals surface area contributed by atoms with Gasteiger partial charge in [0.25, 0.3) is 0 Å². The van der Waals surface area contributed by atoms with Crippen molar-refractivity contribution in [2.24, 2.45) is 17.3 Å².